The zero-order chi connectivity index (χ0) is 9.26. The van der Waals surface area contributed by atoms with Gasteiger partial charge in [-0.3, -0.25) is 0 Å². The summed E-state index contributed by atoms with van der Waals surface area (Å²) in [6.07, 6.45) is 5.30. The SMILES string of the molecule is C#Cc1ccc2cccc(N)c2c1. The molecule has 0 amide bonds. The van der Waals surface area contributed by atoms with Gasteiger partial charge in [-0.25, -0.2) is 0 Å². The van der Waals surface area contributed by atoms with Crippen molar-refractivity contribution >= 4 is 16.5 Å². The number of nitrogens with two attached hydrogens (primary N) is 1. The molecule has 1 nitrogen and oxygen atoms in total. The smallest absolute Gasteiger partial charge is 0.0394 e. The highest BCUT2D eigenvalue weighted by Crippen LogP contribution is 2.21. The number of anilines is 1. The van der Waals surface area contributed by atoms with Crippen molar-refractivity contribution in [2.24, 2.45) is 0 Å². The minimum atomic E-state index is 0.773. The first kappa shape index (κ1) is 7.70. The third kappa shape index (κ3) is 1.23. The van der Waals surface area contributed by atoms with E-state index in [1.54, 1.807) is 0 Å². The number of fused-ring (bicyclic) bond motifs is 1. The fourth-order valence-electron chi connectivity index (χ4n) is 1.39. The van der Waals surface area contributed by atoms with E-state index in [-0.39, 0.29) is 0 Å². The number of benzene rings is 2. The average molecular weight is 167 g/mol. The van der Waals surface area contributed by atoms with Crippen LogP contribution < -0.4 is 5.73 Å². The molecule has 0 aliphatic carbocycles. The lowest BCUT2D eigenvalue weighted by molar-refractivity contribution is 1.69. The standard InChI is InChI=1S/C12H9N/c1-2-9-6-7-10-4-3-5-12(13)11(10)8-9/h1,3-8H,13H2. The van der Waals surface area contributed by atoms with E-state index in [2.05, 4.69) is 5.92 Å². The van der Waals surface area contributed by atoms with Crippen LogP contribution in [0, 0.1) is 12.3 Å². The van der Waals surface area contributed by atoms with E-state index in [1.165, 1.54) is 0 Å². The van der Waals surface area contributed by atoms with E-state index in [4.69, 9.17) is 12.2 Å². The van der Waals surface area contributed by atoms with Crippen LogP contribution in [0.1, 0.15) is 5.56 Å². The first-order chi connectivity index (χ1) is 6.31. The van der Waals surface area contributed by atoms with Crippen molar-refractivity contribution in [2.75, 3.05) is 5.73 Å². The van der Waals surface area contributed by atoms with Gasteiger partial charge in [0.25, 0.3) is 0 Å². The summed E-state index contributed by atoms with van der Waals surface area (Å²) < 4.78 is 0. The molecule has 62 valence electrons. The van der Waals surface area contributed by atoms with Gasteiger partial charge >= 0.3 is 0 Å². The quantitative estimate of drug-likeness (QED) is 0.473. The van der Waals surface area contributed by atoms with Crippen LogP contribution >= 0.6 is 0 Å². The van der Waals surface area contributed by atoms with Gasteiger partial charge < -0.3 is 5.73 Å². The minimum absolute atomic E-state index is 0.773. The maximum Gasteiger partial charge on any atom is 0.0394 e. The number of nitrogen functional groups attached to an aromatic ring is 1. The van der Waals surface area contributed by atoms with Crippen molar-refractivity contribution < 1.29 is 0 Å². The van der Waals surface area contributed by atoms with Crippen molar-refractivity contribution in [1.82, 2.24) is 0 Å². The van der Waals surface area contributed by atoms with Crippen LogP contribution in [-0.4, -0.2) is 0 Å². The molecule has 2 rings (SSSR count). The average Bonchev–Trinajstić information content (AvgIpc) is 2.18. The highest BCUT2D eigenvalue weighted by Gasteiger charge is 1.96. The van der Waals surface area contributed by atoms with Gasteiger partial charge in [0.05, 0.1) is 0 Å². The van der Waals surface area contributed by atoms with Gasteiger partial charge in [-0.2, -0.15) is 0 Å². The van der Waals surface area contributed by atoms with Crippen LogP contribution in [-0.2, 0) is 0 Å². The Balaban J connectivity index is 2.84. The fraction of sp³-hybridized carbons (Fsp3) is 0. The molecular weight excluding hydrogens is 158 g/mol. The molecule has 0 radical (unpaired) electrons. The Hall–Kier alpha value is -1.94. The van der Waals surface area contributed by atoms with Crippen molar-refractivity contribution in [1.29, 1.82) is 0 Å². The molecule has 0 heterocycles. The van der Waals surface area contributed by atoms with Gasteiger partial charge in [0.1, 0.15) is 0 Å². The lowest BCUT2D eigenvalue weighted by Gasteiger charge is -2.01. The van der Waals surface area contributed by atoms with Crippen LogP contribution in [0.3, 0.4) is 0 Å². The predicted octanol–water partition coefficient (Wildman–Crippen LogP) is 2.40. The van der Waals surface area contributed by atoms with Crippen LogP contribution in [0.15, 0.2) is 36.4 Å². The number of rotatable bonds is 0. The molecule has 0 unspecified atom stereocenters. The second-order valence-corrected chi connectivity index (χ2v) is 2.93. The van der Waals surface area contributed by atoms with Crippen molar-refractivity contribution in [3.63, 3.8) is 0 Å². The third-order valence-corrected chi connectivity index (χ3v) is 2.08. The van der Waals surface area contributed by atoms with Gasteiger partial charge in [0.15, 0.2) is 0 Å². The highest BCUT2D eigenvalue weighted by molar-refractivity contribution is 5.93. The van der Waals surface area contributed by atoms with E-state index in [0.29, 0.717) is 0 Å². The molecule has 1 heteroatoms. The first-order valence-corrected chi connectivity index (χ1v) is 4.06. The van der Waals surface area contributed by atoms with Gasteiger partial charge in [0.2, 0.25) is 0 Å². The monoisotopic (exact) mass is 167 g/mol. The molecule has 2 aromatic rings. The maximum absolute atomic E-state index is 5.81. The van der Waals surface area contributed by atoms with Crippen LogP contribution in [0.2, 0.25) is 0 Å². The fourth-order valence-corrected chi connectivity index (χ4v) is 1.39. The molecule has 0 aliphatic heterocycles. The molecule has 0 atom stereocenters. The van der Waals surface area contributed by atoms with E-state index in [1.807, 2.05) is 36.4 Å². The third-order valence-electron chi connectivity index (χ3n) is 2.08. The summed E-state index contributed by atoms with van der Waals surface area (Å²) in [6.45, 7) is 0. The molecule has 0 aliphatic rings. The van der Waals surface area contributed by atoms with Crippen LogP contribution in [0.25, 0.3) is 10.8 Å². The van der Waals surface area contributed by atoms with Crippen molar-refractivity contribution in [2.45, 2.75) is 0 Å². The van der Waals surface area contributed by atoms with E-state index in [9.17, 15) is 0 Å². The van der Waals surface area contributed by atoms with Gasteiger partial charge in [0, 0.05) is 16.6 Å². The largest absolute Gasteiger partial charge is 0.398 e. The summed E-state index contributed by atoms with van der Waals surface area (Å²) in [6, 6.07) is 11.7. The molecule has 0 saturated carbocycles. The van der Waals surface area contributed by atoms with Crippen molar-refractivity contribution in [3.05, 3.63) is 42.0 Å². The summed E-state index contributed by atoms with van der Waals surface area (Å²) in [5.41, 5.74) is 7.45. The van der Waals surface area contributed by atoms with E-state index in [0.717, 1.165) is 22.0 Å². The molecule has 0 fully saturated rings. The zero-order valence-electron chi connectivity index (χ0n) is 7.12. The molecule has 0 saturated heterocycles. The molecule has 13 heavy (non-hydrogen) atoms. The zero-order valence-corrected chi connectivity index (χ0v) is 7.12. The van der Waals surface area contributed by atoms with Gasteiger partial charge in [-0.1, -0.05) is 24.1 Å². The van der Waals surface area contributed by atoms with Crippen molar-refractivity contribution in [3.8, 4) is 12.3 Å². The number of terminal acetylenes is 1. The first-order valence-electron chi connectivity index (χ1n) is 4.06. The summed E-state index contributed by atoms with van der Waals surface area (Å²) in [7, 11) is 0. The Kier molecular flexibility index (Phi) is 1.68. The van der Waals surface area contributed by atoms with E-state index >= 15 is 0 Å². The Morgan fingerprint density at radius 3 is 2.77 bits per heavy atom. The molecular formula is C12H9N. The highest BCUT2D eigenvalue weighted by atomic mass is 14.5. The molecule has 2 N–H and O–H groups in total. The minimum Gasteiger partial charge on any atom is -0.398 e. The maximum atomic E-state index is 5.81. The Morgan fingerprint density at radius 1 is 1.15 bits per heavy atom. The van der Waals surface area contributed by atoms with Gasteiger partial charge in [-0.05, 0) is 23.6 Å². The van der Waals surface area contributed by atoms with Gasteiger partial charge in [-0.15, -0.1) is 6.42 Å². The number of hydrogen-bond acceptors (Lipinski definition) is 1. The Labute approximate surface area is 77.2 Å². The van der Waals surface area contributed by atoms with E-state index < -0.39 is 0 Å². The second kappa shape index (κ2) is 2.84. The summed E-state index contributed by atoms with van der Waals surface area (Å²) in [4.78, 5) is 0. The second-order valence-electron chi connectivity index (χ2n) is 2.93. The summed E-state index contributed by atoms with van der Waals surface area (Å²) in [5.74, 6) is 2.59. The lowest BCUT2D eigenvalue weighted by atomic mass is 10.1. The van der Waals surface area contributed by atoms with Crippen LogP contribution in [0.5, 0.6) is 0 Å². The normalized spacial score (nSPS) is 9.77. The predicted molar refractivity (Wildman–Crippen MR) is 56.3 cm³/mol. The lowest BCUT2D eigenvalue weighted by Crippen LogP contribution is -1.86. The van der Waals surface area contributed by atoms with Crippen LogP contribution in [0.4, 0.5) is 5.69 Å². The Bertz CT molecular complexity index is 492. The Morgan fingerprint density at radius 2 is 2.00 bits per heavy atom. The molecule has 0 bridgehead atoms. The molecule has 2 aromatic carbocycles. The molecule has 0 aromatic heterocycles. The summed E-state index contributed by atoms with van der Waals surface area (Å²) in [5, 5.41) is 2.15. The topological polar surface area (TPSA) is 26.0 Å². The summed E-state index contributed by atoms with van der Waals surface area (Å²) >= 11 is 0. The number of hydrogen-bond donors (Lipinski definition) is 1. The molecule has 0 spiro atoms.